The van der Waals surface area contributed by atoms with Crippen LogP contribution in [0.2, 0.25) is 0 Å². The van der Waals surface area contributed by atoms with Crippen molar-refractivity contribution in [3.63, 3.8) is 0 Å². The van der Waals surface area contributed by atoms with E-state index in [1.165, 1.54) is 87.2 Å². The van der Waals surface area contributed by atoms with Crippen molar-refractivity contribution in [3.05, 3.63) is 170 Å². The van der Waals surface area contributed by atoms with Crippen LogP contribution in [0.5, 0.6) is 0 Å². The van der Waals surface area contributed by atoms with Crippen LogP contribution < -0.4 is 0 Å². The molecule has 0 N–H and O–H groups in total. The predicted molar refractivity (Wildman–Crippen MR) is 190 cm³/mol. The van der Waals surface area contributed by atoms with Gasteiger partial charge in [0.15, 0.2) is 0 Å². The maximum Gasteiger partial charge on any atom is -0.00139 e. The summed E-state index contributed by atoms with van der Waals surface area (Å²) in [6.45, 7) is 0. The lowest BCUT2D eigenvalue weighted by Crippen LogP contribution is -1.92. The molecule has 0 amide bonds. The largest absolute Gasteiger partial charge is 0.0622 e. The highest BCUT2D eigenvalue weighted by Gasteiger charge is 2.19. The number of hydrogen-bond acceptors (Lipinski definition) is 0. The van der Waals surface area contributed by atoms with Crippen LogP contribution in [0.15, 0.2) is 170 Å². The Kier molecular flexibility index (Phi) is 5.61. The summed E-state index contributed by atoms with van der Waals surface area (Å²) in [4.78, 5) is 0. The van der Waals surface area contributed by atoms with Gasteiger partial charge in [-0.2, -0.15) is 0 Å². The molecule has 9 rings (SSSR count). The van der Waals surface area contributed by atoms with Gasteiger partial charge in [-0.15, -0.1) is 0 Å². The summed E-state index contributed by atoms with van der Waals surface area (Å²) in [7, 11) is 0. The molecule has 0 fully saturated rings. The first kappa shape index (κ1) is 24.8. The van der Waals surface area contributed by atoms with Crippen molar-refractivity contribution in [2.24, 2.45) is 0 Å². The molecular formula is C44H28. The average Bonchev–Trinajstić information content (AvgIpc) is 3.10. The van der Waals surface area contributed by atoms with Crippen molar-refractivity contribution in [1.29, 1.82) is 0 Å². The fraction of sp³-hybridized carbons (Fsp3) is 0. The maximum atomic E-state index is 2.36. The molecule has 0 heterocycles. The third-order valence-corrected chi connectivity index (χ3v) is 9.21. The Morgan fingerprint density at radius 2 is 0.727 bits per heavy atom. The highest BCUT2D eigenvalue weighted by atomic mass is 14.2. The van der Waals surface area contributed by atoms with E-state index in [9.17, 15) is 0 Å². The Hall–Kier alpha value is -5.72. The Morgan fingerprint density at radius 3 is 1.48 bits per heavy atom. The van der Waals surface area contributed by atoms with Gasteiger partial charge in [-0.1, -0.05) is 158 Å². The lowest BCUT2D eigenvalue weighted by atomic mass is 9.83. The van der Waals surface area contributed by atoms with Crippen LogP contribution in [0.1, 0.15) is 0 Å². The van der Waals surface area contributed by atoms with Crippen LogP contribution in [0.4, 0.5) is 0 Å². The minimum atomic E-state index is 1.24. The van der Waals surface area contributed by atoms with Gasteiger partial charge in [0.1, 0.15) is 0 Å². The first-order valence-corrected chi connectivity index (χ1v) is 15.3. The number of benzene rings is 9. The summed E-state index contributed by atoms with van der Waals surface area (Å²) in [6, 6.07) is 62.3. The Morgan fingerprint density at radius 1 is 0.227 bits per heavy atom. The van der Waals surface area contributed by atoms with Gasteiger partial charge in [-0.25, -0.2) is 0 Å². The zero-order valence-electron chi connectivity index (χ0n) is 24.2. The van der Waals surface area contributed by atoms with E-state index in [1.807, 2.05) is 0 Å². The van der Waals surface area contributed by atoms with E-state index in [-0.39, 0.29) is 0 Å². The molecule has 0 aliphatic heterocycles. The molecule has 0 radical (unpaired) electrons. The van der Waals surface area contributed by atoms with Gasteiger partial charge < -0.3 is 0 Å². The van der Waals surface area contributed by atoms with E-state index in [4.69, 9.17) is 0 Å². The quantitative estimate of drug-likeness (QED) is 0.150. The molecule has 0 bridgehead atoms. The highest BCUT2D eigenvalue weighted by molar-refractivity contribution is 6.30. The average molecular weight is 557 g/mol. The van der Waals surface area contributed by atoms with Gasteiger partial charge in [0, 0.05) is 0 Å². The molecule has 9 aromatic rings. The first-order valence-electron chi connectivity index (χ1n) is 15.3. The van der Waals surface area contributed by atoms with Crippen molar-refractivity contribution < 1.29 is 0 Å². The molecule has 0 aliphatic carbocycles. The zero-order valence-corrected chi connectivity index (χ0v) is 24.2. The molecule has 0 heteroatoms. The van der Waals surface area contributed by atoms with Crippen molar-refractivity contribution in [2.45, 2.75) is 0 Å². The molecule has 0 saturated carbocycles. The molecular weight excluding hydrogens is 528 g/mol. The van der Waals surface area contributed by atoms with Crippen molar-refractivity contribution in [1.82, 2.24) is 0 Å². The second kappa shape index (κ2) is 9.93. The van der Waals surface area contributed by atoms with E-state index in [0.29, 0.717) is 0 Å². The van der Waals surface area contributed by atoms with Gasteiger partial charge >= 0.3 is 0 Å². The Balaban J connectivity index is 1.37. The van der Waals surface area contributed by atoms with E-state index >= 15 is 0 Å². The monoisotopic (exact) mass is 556 g/mol. The molecule has 0 atom stereocenters. The Bertz CT molecular complexity index is 2520. The molecule has 0 aliphatic rings. The van der Waals surface area contributed by atoms with E-state index in [0.717, 1.165) is 0 Å². The summed E-state index contributed by atoms with van der Waals surface area (Å²) in [5.41, 5.74) is 7.57. The summed E-state index contributed by atoms with van der Waals surface area (Å²) in [6.07, 6.45) is 0. The van der Waals surface area contributed by atoms with Crippen molar-refractivity contribution in [2.75, 3.05) is 0 Å². The van der Waals surface area contributed by atoms with Crippen LogP contribution in [-0.2, 0) is 0 Å². The summed E-state index contributed by atoms with van der Waals surface area (Å²) < 4.78 is 0. The molecule has 9 aromatic carbocycles. The lowest BCUT2D eigenvalue weighted by Gasteiger charge is -2.20. The van der Waals surface area contributed by atoms with Gasteiger partial charge in [-0.05, 0) is 99.4 Å². The molecule has 0 nitrogen and oxygen atoms in total. The second-order valence-electron chi connectivity index (χ2n) is 11.7. The molecule has 0 aromatic heterocycles. The lowest BCUT2D eigenvalue weighted by molar-refractivity contribution is 1.66. The van der Waals surface area contributed by atoms with Crippen LogP contribution in [0.3, 0.4) is 0 Å². The van der Waals surface area contributed by atoms with Crippen LogP contribution in [0, 0.1) is 0 Å². The minimum absolute atomic E-state index is 1.24. The number of rotatable bonds is 3. The first-order chi connectivity index (χ1) is 21.8. The minimum Gasteiger partial charge on any atom is -0.0622 e. The van der Waals surface area contributed by atoms with Gasteiger partial charge in [0.2, 0.25) is 0 Å². The van der Waals surface area contributed by atoms with Crippen molar-refractivity contribution >= 4 is 53.9 Å². The maximum absolute atomic E-state index is 2.36. The number of fused-ring (bicyclic) bond motifs is 7. The summed E-state index contributed by atoms with van der Waals surface area (Å²) in [5.74, 6) is 0. The molecule has 0 unspecified atom stereocenters. The standard InChI is InChI=1S/C44H28/c1-3-12-30(13-4-1)42-38-17-9-10-18-39(38)43(31-14-5-2-6-15-31)44-40-24-22-35-28-34(21-23-36(35)37(40)25-26-41(42)44)33-20-19-29-11-7-8-16-32(29)27-33/h1-28H. The smallest absolute Gasteiger partial charge is 0.00139 e. The van der Waals surface area contributed by atoms with Gasteiger partial charge in [0.05, 0.1) is 0 Å². The van der Waals surface area contributed by atoms with Crippen LogP contribution >= 0.6 is 0 Å². The van der Waals surface area contributed by atoms with Crippen molar-refractivity contribution in [3.8, 4) is 33.4 Å². The zero-order chi connectivity index (χ0) is 29.0. The third kappa shape index (κ3) is 3.85. The van der Waals surface area contributed by atoms with Gasteiger partial charge in [0.25, 0.3) is 0 Å². The second-order valence-corrected chi connectivity index (χ2v) is 11.7. The van der Waals surface area contributed by atoms with E-state index in [1.54, 1.807) is 0 Å². The van der Waals surface area contributed by atoms with E-state index in [2.05, 4.69) is 170 Å². The topological polar surface area (TPSA) is 0 Å². The van der Waals surface area contributed by atoms with Crippen LogP contribution in [-0.4, -0.2) is 0 Å². The molecule has 44 heavy (non-hydrogen) atoms. The fourth-order valence-electron chi connectivity index (χ4n) is 7.19. The highest BCUT2D eigenvalue weighted by Crippen LogP contribution is 2.47. The van der Waals surface area contributed by atoms with E-state index < -0.39 is 0 Å². The third-order valence-electron chi connectivity index (χ3n) is 9.21. The number of hydrogen-bond donors (Lipinski definition) is 0. The van der Waals surface area contributed by atoms with Crippen LogP contribution in [0.25, 0.3) is 87.2 Å². The summed E-state index contributed by atoms with van der Waals surface area (Å²) >= 11 is 0. The fourth-order valence-corrected chi connectivity index (χ4v) is 7.19. The Labute approximate surface area is 256 Å². The molecule has 0 saturated heterocycles. The summed E-state index contributed by atoms with van der Waals surface area (Å²) in [5, 5.41) is 12.8. The normalized spacial score (nSPS) is 11.6. The SMILES string of the molecule is c1ccc(-c2c3ccccc3c(-c3ccccc3)c3c2ccc2c4ccc(-c5ccc6ccccc6c5)cc4ccc23)cc1. The van der Waals surface area contributed by atoms with Gasteiger partial charge in [-0.3, -0.25) is 0 Å². The molecule has 0 spiro atoms. The molecule has 204 valence electrons. The predicted octanol–water partition coefficient (Wildman–Crippen LogP) is 12.5.